The number of carbonyl (C=O) groups is 1. The Kier molecular flexibility index (Phi) is 4.12. The predicted octanol–water partition coefficient (Wildman–Crippen LogP) is 3.33. The number of phenolic OH excluding ortho intramolecular Hbond substituents is 1. The fourth-order valence-electron chi connectivity index (χ4n) is 6.92. The highest BCUT2D eigenvalue weighted by molar-refractivity contribution is 5.89. The number of ether oxygens (including phenoxy) is 1. The largest absolute Gasteiger partial charge is 0.504 e. The fourth-order valence-corrected chi connectivity index (χ4v) is 6.92. The summed E-state index contributed by atoms with van der Waals surface area (Å²) in [5.41, 5.74) is 0.338. The van der Waals surface area contributed by atoms with Crippen molar-refractivity contribution in [2.24, 2.45) is 11.8 Å². The van der Waals surface area contributed by atoms with Gasteiger partial charge in [-0.25, -0.2) is 0 Å². The Bertz CT molecular complexity index is 877. The van der Waals surface area contributed by atoms with Crippen LogP contribution in [0.3, 0.4) is 0 Å². The molecule has 5 nitrogen and oxygen atoms in total. The van der Waals surface area contributed by atoms with E-state index >= 15 is 0 Å². The van der Waals surface area contributed by atoms with Crippen LogP contribution in [-0.4, -0.2) is 51.7 Å². The molecule has 1 heterocycles. The van der Waals surface area contributed by atoms with Crippen molar-refractivity contribution >= 4 is 5.78 Å². The molecule has 3 saturated carbocycles. The summed E-state index contributed by atoms with van der Waals surface area (Å²) in [6, 6.07) is 3.73. The summed E-state index contributed by atoms with van der Waals surface area (Å²) in [5, 5.41) is 23.1. The van der Waals surface area contributed by atoms with E-state index in [0.29, 0.717) is 25.0 Å². The number of hydrogen-bond donors (Lipinski definition) is 2. The zero-order chi connectivity index (χ0) is 20.7. The average molecular weight is 412 g/mol. The number of Topliss-reactive ketones (excluding diaryl/α,β-unsaturated/α-hetero) is 1. The summed E-state index contributed by atoms with van der Waals surface area (Å²) in [6.07, 6.45) is 7.71. The molecule has 0 bridgehead atoms. The number of benzene rings is 1. The van der Waals surface area contributed by atoms with Crippen LogP contribution in [0.25, 0.3) is 0 Å². The first-order valence-corrected chi connectivity index (χ1v) is 12.0. The summed E-state index contributed by atoms with van der Waals surface area (Å²) in [7, 11) is 0. The van der Waals surface area contributed by atoms with Crippen molar-refractivity contribution in [3.05, 3.63) is 23.3 Å². The van der Waals surface area contributed by atoms with E-state index in [1.807, 2.05) is 6.07 Å². The Labute approximate surface area is 178 Å². The topological polar surface area (TPSA) is 70.0 Å². The molecule has 1 unspecified atom stereocenters. The molecule has 0 spiro atoms. The molecule has 0 saturated heterocycles. The van der Waals surface area contributed by atoms with Gasteiger partial charge in [0.1, 0.15) is 0 Å². The van der Waals surface area contributed by atoms with Crippen molar-refractivity contribution in [2.75, 3.05) is 13.1 Å². The quantitative estimate of drug-likeness (QED) is 0.720. The van der Waals surface area contributed by atoms with E-state index in [-0.39, 0.29) is 17.6 Å². The minimum atomic E-state index is -1.00. The third-order valence-electron chi connectivity index (χ3n) is 8.60. The standard InChI is InChI=1S/C25H33NO4/c1-2-10-24-21-17-7-8-18(27)22(21)30-23(24)19(28)9-11-25(24,29)20(12-17)26(13-15-3-4-15)14-16-5-6-16/h7-8,15-16,20,23,27,29H,2-6,9-14H2,1H3/t20?,23-,24-,25+/m0/s1. The summed E-state index contributed by atoms with van der Waals surface area (Å²) in [5.74, 6) is 2.14. The molecule has 30 heavy (non-hydrogen) atoms. The SMILES string of the molecule is CCC[C@]12c3c4ccc(O)c3O[C@H]1C(=O)CC[C@@]2(O)C(N(CC1CC1)CC1CC1)C4. The van der Waals surface area contributed by atoms with Crippen molar-refractivity contribution in [3.8, 4) is 11.5 Å². The average Bonchev–Trinajstić information content (AvgIpc) is 3.65. The van der Waals surface area contributed by atoms with Gasteiger partial charge in [0, 0.05) is 31.1 Å². The van der Waals surface area contributed by atoms with E-state index < -0.39 is 17.1 Å². The van der Waals surface area contributed by atoms with Crippen molar-refractivity contribution in [1.82, 2.24) is 4.90 Å². The minimum absolute atomic E-state index is 0.00689. The van der Waals surface area contributed by atoms with Crippen molar-refractivity contribution in [3.63, 3.8) is 0 Å². The Balaban J connectivity index is 1.52. The second-order valence-electron chi connectivity index (χ2n) is 10.6. The van der Waals surface area contributed by atoms with Crippen LogP contribution >= 0.6 is 0 Å². The van der Waals surface area contributed by atoms with Gasteiger partial charge in [-0.2, -0.15) is 0 Å². The molecule has 162 valence electrons. The molecule has 0 amide bonds. The molecule has 4 aliphatic carbocycles. The molecule has 2 N–H and O–H groups in total. The van der Waals surface area contributed by atoms with Crippen LogP contribution in [-0.2, 0) is 16.6 Å². The Morgan fingerprint density at radius 1 is 1.17 bits per heavy atom. The van der Waals surface area contributed by atoms with Gasteiger partial charge in [-0.05, 0) is 68.4 Å². The Hall–Kier alpha value is -1.59. The maximum atomic E-state index is 13.1. The van der Waals surface area contributed by atoms with Crippen molar-refractivity contribution in [1.29, 1.82) is 0 Å². The number of hydrogen-bond acceptors (Lipinski definition) is 5. The summed E-state index contributed by atoms with van der Waals surface area (Å²) >= 11 is 0. The molecular weight excluding hydrogens is 378 g/mol. The zero-order valence-corrected chi connectivity index (χ0v) is 17.9. The van der Waals surface area contributed by atoms with Gasteiger partial charge in [-0.3, -0.25) is 9.69 Å². The van der Waals surface area contributed by atoms with Crippen LogP contribution in [0.5, 0.6) is 11.5 Å². The molecule has 6 rings (SSSR count). The summed E-state index contributed by atoms with van der Waals surface area (Å²) in [4.78, 5) is 15.7. The lowest BCUT2D eigenvalue weighted by Crippen LogP contribution is -2.73. The maximum Gasteiger partial charge on any atom is 0.174 e. The number of carbonyl (C=O) groups excluding carboxylic acids is 1. The third-order valence-corrected chi connectivity index (χ3v) is 8.60. The third kappa shape index (κ3) is 2.51. The fraction of sp³-hybridized carbons (Fsp3) is 0.720. The maximum absolute atomic E-state index is 13.1. The summed E-state index contributed by atoms with van der Waals surface area (Å²) < 4.78 is 6.20. The second-order valence-corrected chi connectivity index (χ2v) is 10.6. The van der Waals surface area contributed by atoms with Gasteiger partial charge in [-0.15, -0.1) is 0 Å². The first kappa shape index (κ1) is 19.1. The first-order valence-electron chi connectivity index (χ1n) is 12.0. The van der Waals surface area contributed by atoms with Crippen LogP contribution in [0.1, 0.15) is 69.4 Å². The molecule has 1 aromatic carbocycles. The van der Waals surface area contributed by atoms with Gasteiger partial charge < -0.3 is 14.9 Å². The molecule has 5 aliphatic rings. The van der Waals surface area contributed by atoms with Gasteiger partial charge in [0.2, 0.25) is 0 Å². The normalized spacial score (nSPS) is 36.7. The monoisotopic (exact) mass is 411 g/mol. The van der Waals surface area contributed by atoms with Gasteiger partial charge in [-0.1, -0.05) is 19.4 Å². The van der Waals surface area contributed by atoms with Crippen LogP contribution in [0.4, 0.5) is 0 Å². The van der Waals surface area contributed by atoms with Gasteiger partial charge in [0.05, 0.1) is 11.0 Å². The zero-order valence-electron chi connectivity index (χ0n) is 17.9. The van der Waals surface area contributed by atoms with E-state index in [0.717, 1.165) is 48.9 Å². The highest BCUT2D eigenvalue weighted by Crippen LogP contribution is 2.63. The summed E-state index contributed by atoms with van der Waals surface area (Å²) in [6.45, 7) is 4.24. The molecule has 5 heteroatoms. The van der Waals surface area contributed by atoms with E-state index in [9.17, 15) is 15.0 Å². The van der Waals surface area contributed by atoms with E-state index in [1.165, 1.54) is 25.7 Å². The number of phenols is 1. The lowest BCUT2D eigenvalue weighted by Gasteiger charge is -2.59. The molecule has 0 aromatic heterocycles. The van der Waals surface area contributed by atoms with Crippen LogP contribution in [0.2, 0.25) is 0 Å². The first-order chi connectivity index (χ1) is 14.5. The Morgan fingerprint density at radius 3 is 2.50 bits per heavy atom. The smallest absolute Gasteiger partial charge is 0.174 e. The number of aliphatic hydroxyl groups is 1. The van der Waals surface area contributed by atoms with E-state index in [2.05, 4.69) is 11.8 Å². The Morgan fingerprint density at radius 2 is 1.87 bits per heavy atom. The van der Waals surface area contributed by atoms with Crippen molar-refractivity contribution in [2.45, 2.75) is 87.9 Å². The second kappa shape index (κ2) is 6.46. The van der Waals surface area contributed by atoms with Crippen LogP contribution < -0.4 is 4.74 Å². The highest BCUT2D eigenvalue weighted by atomic mass is 16.5. The highest BCUT2D eigenvalue weighted by Gasteiger charge is 2.71. The number of ketones is 1. The van der Waals surface area contributed by atoms with Crippen molar-refractivity contribution < 1.29 is 19.7 Å². The molecular formula is C25H33NO4. The van der Waals surface area contributed by atoms with Gasteiger partial charge in [0.25, 0.3) is 0 Å². The molecule has 1 aliphatic heterocycles. The molecule has 1 aromatic rings. The molecule has 0 radical (unpaired) electrons. The van der Waals surface area contributed by atoms with Crippen LogP contribution in [0.15, 0.2) is 12.1 Å². The number of aromatic hydroxyl groups is 1. The van der Waals surface area contributed by atoms with E-state index in [1.54, 1.807) is 6.07 Å². The van der Waals surface area contributed by atoms with E-state index in [4.69, 9.17) is 4.74 Å². The van der Waals surface area contributed by atoms with Gasteiger partial charge >= 0.3 is 0 Å². The predicted molar refractivity (Wildman–Crippen MR) is 113 cm³/mol. The lowest BCUT2D eigenvalue weighted by atomic mass is 9.50. The lowest BCUT2D eigenvalue weighted by molar-refractivity contribution is -0.172. The number of nitrogens with zero attached hydrogens (tertiary/aromatic N) is 1. The van der Waals surface area contributed by atoms with Crippen LogP contribution in [0, 0.1) is 11.8 Å². The molecule has 3 fully saturated rings. The molecule has 4 atom stereocenters. The number of rotatable bonds is 7. The van der Waals surface area contributed by atoms with Gasteiger partial charge in [0.15, 0.2) is 23.4 Å². The minimum Gasteiger partial charge on any atom is -0.504 e.